The van der Waals surface area contributed by atoms with Crippen LogP contribution in [0, 0.1) is 11.8 Å². The van der Waals surface area contributed by atoms with Crippen LogP contribution in [0.3, 0.4) is 0 Å². The molecule has 0 atom stereocenters. The number of halogens is 1. The van der Waals surface area contributed by atoms with Gasteiger partial charge in [0.2, 0.25) is 0 Å². The maximum Gasteiger partial charge on any atom is 0.100 e. The zero-order valence-electron chi connectivity index (χ0n) is 12.0. The van der Waals surface area contributed by atoms with Crippen LogP contribution in [-0.4, -0.2) is 12.8 Å². The molecule has 0 aliphatic heterocycles. The SMILES string of the molecule is Clc1cccc(/C=N/CC#Cc2cccc3ccccc23)c1. The highest BCUT2D eigenvalue weighted by Crippen LogP contribution is 2.17. The fourth-order valence-corrected chi connectivity index (χ4v) is 2.45. The molecule has 0 aliphatic carbocycles. The smallest absolute Gasteiger partial charge is 0.100 e. The van der Waals surface area contributed by atoms with Crippen molar-refractivity contribution < 1.29 is 0 Å². The molecule has 0 spiro atoms. The summed E-state index contributed by atoms with van der Waals surface area (Å²) in [5.41, 5.74) is 2.02. The molecule has 0 saturated heterocycles. The fraction of sp³-hybridized carbons (Fsp3) is 0.0500. The third-order valence-corrected chi connectivity index (χ3v) is 3.51. The molecule has 0 amide bonds. The molecule has 0 N–H and O–H groups in total. The van der Waals surface area contributed by atoms with Gasteiger partial charge in [0.15, 0.2) is 0 Å². The van der Waals surface area contributed by atoms with Gasteiger partial charge in [0.05, 0.1) is 0 Å². The zero-order chi connectivity index (χ0) is 15.2. The third kappa shape index (κ3) is 3.55. The van der Waals surface area contributed by atoms with Crippen LogP contribution in [0.5, 0.6) is 0 Å². The number of rotatable bonds is 2. The Hall–Kier alpha value is -2.56. The van der Waals surface area contributed by atoms with Gasteiger partial charge in [-0.1, -0.05) is 72.0 Å². The van der Waals surface area contributed by atoms with Crippen LogP contribution >= 0.6 is 11.6 Å². The predicted octanol–water partition coefficient (Wildman–Crippen LogP) is 4.96. The van der Waals surface area contributed by atoms with E-state index in [4.69, 9.17) is 11.6 Å². The summed E-state index contributed by atoms with van der Waals surface area (Å²) >= 11 is 5.93. The molecule has 3 aromatic rings. The third-order valence-electron chi connectivity index (χ3n) is 3.27. The summed E-state index contributed by atoms with van der Waals surface area (Å²) in [5, 5.41) is 3.10. The van der Waals surface area contributed by atoms with Crippen molar-refractivity contribution in [1.29, 1.82) is 0 Å². The Bertz CT molecular complexity index is 879. The molecule has 0 saturated carbocycles. The van der Waals surface area contributed by atoms with Gasteiger partial charge in [-0.25, -0.2) is 0 Å². The Morgan fingerprint density at radius 3 is 2.68 bits per heavy atom. The van der Waals surface area contributed by atoms with E-state index in [-0.39, 0.29) is 0 Å². The minimum atomic E-state index is 0.468. The Morgan fingerprint density at radius 1 is 0.955 bits per heavy atom. The average molecular weight is 304 g/mol. The summed E-state index contributed by atoms with van der Waals surface area (Å²) in [5.74, 6) is 6.29. The van der Waals surface area contributed by atoms with Crippen LogP contribution in [0.15, 0.2) is 71.7 Å². The molecule has 3 aromatic carbocycles. The van der Waals surface area contributed by atoms with E-state index in [2.05, 4.69) is 35.0 Å². The van der Waals surface area contributed by atoms with Crippen LogP contribution in [0.4, 0.5) is 0 Å². The summed E-state index contributed by atoms with van der Waals surface area (Å²) < 4.78 is 0. The van der Waals surface area contributed by atoms with Crippen molar-refractivity contribution in [2.24, 2.45) is 4.99 Å². The number of benzene rings is 3. The van der Waals surface area contributed by atoms with E-state index in [1.165, 1.54) is 10.8 Å². The lowest BCUT2D eigenvalue weighted by molar-refractivity contribution is 1.30. The number of fused-ring (bicyclic) bond motifs is 1. The van der Waals surface area contributed by atoms with Gasteiger partial charge in [-0.3, -0.25) is 4.99 Å². The number of aliphatic imine (C=N–C) groups is 1. The van der Waals surface area contributed by atoms with Crippen molar-refractivity contribution in [3.05, 3.63) is 82.9 Å². The zero-order valence-corrected chi connectivity index (χ0v) is 12.7. The second-order valence-corrected chi connectivity index (χ2v) is 5.29. The maximum absolute atomic E-state index is 5.93. The van der Waals surface area contributed by atoms with E-state index in [0.29, 0.717) is 11.6 Å². The van der Waals surface area contributed by atoms with Gasteiger partial charge in [-0.2, -0.15) is 0 Å². The molecule has 0 fully saturated rings. The van der Waals surface area contributed by atoms with Gasteiger partial charge >= 0.3 is 0 Å². The molecule has 106 valence electrons. The van der Waals surface area contributed by atoms with E-state index >= 15 is 0 Å². The van der Waals surface area contributed by atoms with Gasteiger partial charge in [0.1, 0.15) is 6.54 Å². The lowest BCUT2D eigenvalue weighted by Crippen LogP contribution is -1.83. The summed E-state index contributed by atoms with van der Waals surface area (Å²) in [6.45, 7) is 0.468. The fourth-order valence-electron chi connectivity index (χ4n) is 2.25. The van der Waals surface area contributed by atoms with Crippen LogP contribution in [-0.2, 0) is 0 Å². The molecule has 22 heavy (non-hydrogen) atoms. The van der Waals surface area contributed by atoms with E-state index in [0.717, 1.165) is 11.1 Å². The van der Waals surface area contributed by atoms with E-state index < -0.39 is 0 Å². The van der Waals surface area contributed by atoms with Gasteiger partial charge < -0.3 is 0 Å². The standard InChI is InChI=1S/C20H14ClN/c21-19-11-3-6-16(14-19)15-22-13-5-10-18-9-4-8-17-7-1-2-12-20(17)18/h1-4,6-9,11-12,14-15H,13H2/b22-15+. The molecule has 0 aromatic heterocycles. The van der Waals surface area contributed by atoms with Crippen LogP contribution < -0.4 is 0 Å². The molecule has 0 heterocycles. The van der Waals surface area contributed by atoms with Crippen LogP contribution in [0.25, 0.3) is 10.8 Å². The summed E-state index contributed by atoms with van der Waals surface area (Å²) in [6.07, 6.45) is 1.80. The highest BCUT2D eigenvalue weighted by atomic mass is 35.5. The first-order valence-electron chi connectivity index (χ1n) is 7.05. The summed E-state index contributed by atoms with van der Waals surface area (Å²) in [6, 6.07) is 22.0. The molecule has 1 nitrogen and oxygen atoms in total. The molecule has 0 bridgehead atoms. The monoisotopic (exact) mass is 303 g/mol. The Labute approximate surface area is 135 Å². The Kier molecular flexibility index (Phi) is 4.53. The molecular weight excluding hydrogens is 290 g/mol. The lowest BCUT2D eigenvalue weighted by atomic mass is 10.1. The maximum atomic E-state index is 5.93. The Balaban J connectivity index is 1.73. The molecule has 2 heteroatoms. The molecular formula is C20H14ClN. The second-order valence-electron chi connectivity index (χ2n) is 4.85. The van der Waals surface area contributed by atoms with Gasteiger partial charge in [0.25, 0.3) is 0 Å². The minimum Gasteiger partial charge on any atom is -0.280 e. The predicted molar refractivity (Wildman–Crippen MR) is 94.7 cm³/mol. The topological polar surface area (TPSA) is 12.4 Å². The molecule has 0 radical (unpaired) electrons. The average Bonchev–Trinajstić information content (AvgIpc) is 2.55. The lowest BCUT2D eigenvalue weighted by Gasteiger charge is -1.99. The molecule has 0 unspecified atom stereocenters. The largest absolute Gasteiger partial charge is 0.280 e. The second kappa shape index (κ2) is 6.93. The van der Waals surface area contributed by atoms with Gasteiger partial charge in [0, 0.05) is 16.8 Å². The van der Waals surface area contributed by atoms with Crippen molar-refractivity contribution in [2.45, 2.75) is 0 Å². The van der Waals surface area contributed by atoms with Crippen molar-refractivity contribution in [3.63, 3.8) is 0 Å². The highest BCUT2D eigenvalue weighted by molar-refractivity contribution is 6.30. The van der Waals surface area contributed by atoms with Gasteiger partial charge in [-0.15, -0.1) is 0 Å². The molecule has 3 rings (SSSR count). The molecule has 0 aliphatic rings. The van der Waals surface area contributed by atoms with Crippen molar-refractivity contribution in [3.8, 4) is 11.8 Å². The number of nitrogens with zero attached hydrogens (tertiary/aromatic N) is 1. The van der Waals surface area contributed by atoms with Gasteiger partial charge in [-0.05, 0) is 34.5 Å². The van der Waals surface area contributed by atoms with Crippen molar-refractivity contribution in [1.82, 2.24) is 0 Å². The highest BCUT2D eigenvalue weighted by Gasteiger charge is 1.95. The normalized spacial score (nSPS) is 10.6. The summed E-state index contributed by atoms with van der Waals surface area (Å²) in [4.78, 5) is 4.32. The first kappa shape index (κ1) is 14.4. The quantitative estimate of drug-likeness (QED) is 0.468. The van der Waals surface area contributed by atoms with Crippen molar-refractivity contribution >= 4 is 28.6 Å². The van der Waals surface area contributed by atoms with Crippen LogP contribution in [0.1, 0.15) is 11.1 Å². The van der Waals surface area contributed by atoms with Crippen LogP contribution in [0.2, 0.25) is 5.02 Å². The first-order chi connectivity index (χ1) is 10.8. The first-order valence-corrected chi connectivity index (χ1v) is 7.43. The number of hydrogen-bond donors (Lipinski definition) is 0. The van der Waals surface area contributed by atoms with E-state index in [1.54, 1.807) is 6.21 Å². The van der Waals surface area contributed by atoms with Crippen molar-refractivity contribution in [2.75, 3.05) is 6.54 Å². The Morgan fingerprint density at radius 2 is 1.77 bits per heavy atom. The minimum absolute atomic E-state index is 0.468. The van der Waals surface area contributed by atoms with E-state index in [1.807, 2.05) is 48.5 Å². The number of hydrogen-bond acceptors (Lipinski definition) is 1. The summed E-state index contributed by atoms with van der Waals surface area (Å²) in [7, 11) is 0. The van der Waals surface area contributed by atoms with E-state index in [9.17, 15) is 0 Å².